The van der Waals surface area contributed by atoms with E-state index in [2.05, 4.69) is 71.9 Å². The van der Waals surface area contributed by atoms with Crippen molar-refractivity contribution in [2.24, 2.45) is 5.41 Å². The van der Waals surface area contributed by atoms with Crippen molar-refractivity contribution in [1.82, 2.24) is 19.9 Å². The summed E-state index contributed by atoms with van der Waals surface area (Å²) in [5.41, 5.74) is 7.65. The predicted molar refractivity (Wildman–Crippen MR) is 186 cm³/mol. The summed E-state index contributed by atoms with van der Waals surface area (Å²) in [6, 6.07) is 38.5. The SMILES string of the molecule is CC1(C)c2ccc(-c3ccc(-c4nc(-c5ccccc5)nc(-c5cccc(Oc6ccccc6)c5)n4)cn3)cc2C(C)(C)C1(C)C. The van der Waals surface area contributed by atoms with Crippen LogP contribution in [0, 0.1) is 5.41 Å². The molecule has 228 valence electrons. The summed E-state index contributed by atoms with van der Waals surface area (Å²) in [5.74, 6) is 3.22. The molecule has 7 rings (SSSR count). The van der Waals surface area contributed by atoms with Crippen LogP contribution in [-0.4, -0.2) is 19.9 Å². The fraction of sp³-hybridized carbons (Fsp3) is 0.220. The van der Waals surface area contributed by atoms with E-state index in [0.29, 0.717) is 23.2 Å². The van der Waals surface area contributed by atoms with Gasteiger partial charge in [-0.15, -0.1) is 0 Å². The van der Waals surface area contributed by atoms with Crippen LogP contribution in [0.15, 0.2) is 121 Å². The fourth-order valence-electron chi connectivity index (χ4n) is 6.59. The molecule has 0 N–H and O–H groups in total. The highest BCUT2D eigenvalue weighted by Crippen LogP contribution is 2.61. The summed E-state index contributed by atoms with van der Waals surface area (Å²) < 4.78 is 6.11. The van der Waals surface area contributed by atoms with Crippen LogP contribution in [0.5, 0.6) is 11.5 Å². The molecule has 0 spiro atoms. The van der Waals surface area contributed by atoms with Gasteiger partial charge in [0.15, 0.2) is 17.5 Å². The average Bonchev–Trinajstić information content (AvgIpc) is 3.18. The third kappa shape index (κ3) is 4.96. The summed E-state index contributed by atoms with van der Waals surface area (Å²) in [6.45, 7) is 14.2. The lowest BCUT2D eigenvalue weighted by molar-refractivity contribution is 0.125. The number of para-hydroxylation sites is 1. The maximum atomic E-state index is 6.11. The molecule has 2 heterocycles. The number of aromatic nitrogens is 4. The molecule has 4 aromatic carbocycles. The molecule has 46 heavy (non-hydrogen) atoms. The molecule has 0 saturated heterocycles. The number of nitrogens with zero attached hydrogens (tertiary/aromatic N) is 4. The second-order valence-corrected chi connectivity index (χ2v) is 13.7. The molecule has 0 aliphatic heterocycles. The molecular weight excluding hydrogens is 564 g/mol. The van der Waals surface area contributed by atoms with Crippen LogP contribution < -0.4 is 4.74 Å². The minimum absolute atomic E-state index is 0.0281. The van der Waals surface area contributed by atoms with Gasteiger partial charge in [-0.05, 0) is 69.8 Å². The minimum Gasteiger partial charge on any atom is -0.457 e. The van der Waals surface area contributed by atoms with Crippen LogP contribution in [0.3, 0.4) is 0 Å². The van der Waals surface area contributed by atoms with Crippen molar-refractivity contribution in [3.05, 3.63) is 133 Å². The predicted octanol–water partition coefficient (Wildman–Crippen LogP) is 10.3. The number of ether oxygens (including phenoxy) is 1. The van der Waals surface area contributed by atoms with Gasteiger partial charge in [0.25, 0.3) is 0 Å². The lowest BCUT2D eigenvalue weighted by Crippen LogP contribution is -2.42. The topological polar surface area (TPSA) is 60.8 Å². The van der Waals surface area contributed by atoms with Crippen molar-refractivity contribution < 1.29 is 4.74 Å². The van der Waals surface area contributed by atoms with Gasteiger partial charge in [-0.2, -0.15) is 0 Å². The van der Waals surface area contributed by atoms with E-state index in [1.165, 1.54) is 11.1 Å². The molecule has 0 fully saturated rings. The molecule has 0 radical (unpaired) electrons. The quantitative estimate of drug-likeness (QED) is 0.190. The van der Waals surface area contributed by atoms with Crippen molar-refractivity contribution in [3.8, 4) is 56.9 Å². The summed E-state index contributed by atoms with van der Waals surface area (Å²) in [5, 5.41) is 0. The van der Waals surface area contributed by atoms with Crippen LogP contribution in [0.2, 0.25) is 0 Å². The average molecular weight is 603 g/mol. The lowest BCUT2D eigenvalue weighted by Gasteiger charge is -2.44. The van der Waals surface area contributed by atoms with E-state index in [9.17, 15) is 0 Å². The Morgan fingerprint density at radius 3 is 1.70 bits per heavy atom. The van der Waals surface area contributed by atoms with E-state index in [-0.39, 0.29) is 16.2 Å². The number of hydrogen-bond donors (Lipinski definition) is 0. The fourth-order valence-corrected chi connectivity index (χ4v) is 6.59. The third-order valence-electron chi connectivity index (χ3n) is 10.5. The van der Waals surface area contributed by atoms with Crippen LogP contribution in [0.4, 0.5) is 0 Å². The zero-order valence-electron chi connectivity index (χ0n) is 27.2. The van der Waals surface area contributed by atoms with E-state index in [4.69, 9.17) is 24.7 Å². The smallest absolute Gasteiger partial charge is 0.165 e. The van der Waals surface area contributed by atoms with Crippen molar-refractivity contribution >= 4 is 0 Å². The first kappa shape index (κ1) is 29.5. The molecule has 0 amide bonds. The van der Waals surface area contributed by atoms with E-state index in [1.807, 2.05) is 91.1 Å². The Labute approximate surface area is 271 Å². The highest BCUT2D eigenvalue weighted by molar-refractivity contribution is 5.69. The maximum absolute atomic E-state index is 6.11. The lowest BCUT2D eigenvalue weighted by atomic mass is 9.59. The van der Waals surface area contributed by atoms with Gasteiger partial charge in [0.05, 0.1) is 5.69 Å². The molecule has 5 heteroatoms. The number of hydrogen-bond acceptors (Lipinski definition) is 5. The molecule has 1 aliphatic carbocycles. The molecule has 0 saturated carbocycles. The van der Waals surface area contributed by atoms with Gasteiger partial charge in [-0.25, -0.2) is 15.0 Å². The zero-order chi connectivity index (χ0) is 32.1. The van der Waals surface area contributed by atoms with E-state index in [0.717, 1.165) is 33.7 Å². The number of benzene rings is 4. The Morgan fingerprint density at radius 2 is 1.02 bits per heavy atom. The third-order valence-corrected chi connectivity index (χ3v) is 10.5. The van der Waals surface area contributed by atoms with Crippen molar-refractivity contribution in [3.63, 3.8) is 0 Å². The first-order valence-corrected chi connectivity index (χ1v) is 15.8. The molecule has 0 unspecified atom stereocenters. The summed E-state index contributed by atoms with van der Waals surface area (Å²) in [4.78, 5) is 19.6. The molecule has 1 aliphatic rings. The largest absolute Gasteiger partial charge is 0.457 e. The Bertz CT molecular complexity index is 2030. The molecule has 6 aromatic rings. The molecule has 5 nitrogen and oxygen atoms in total. The summed E-state index contributed by atoms with van der Waals surface area (Å²) in [6.07, 6.45) is 1.87. The molecule has 0 atom stereocenters. The first-order chi connectivity index (χ1) is 22.0. The minimum atomic E-state index is 0.0281. The van der Waals surface area contributed by atoms with Gasteiger partial charge >= 0.3 is 0 Å². The van der Waals surface area contributed by atoms with Gasteiger partial charge in [0.2, 0.25) is 0 Å². The Hall–Kier alpha value is -5.16. The second kappa shape index (κ2) is 11.0. The molecule has 0 bridgehead atoms. The van der Waals surface area contributed by atoms with Crippen LogP contribution in [-0.2, 0) is 10.8 Å². The van der Waals surface area contributed by atoms with Crippen LogP contribution in [0.1, 0.15) is 52.7 Å². The van der Waals surface area contributed by atoms with Gasteiger partial charge in [-0.3, -0.25) is 4.98 Å². The van der Waals surface area contributed by atoms with Crippen LogP contribution in [0.25, 0.3) is 45.4 Å². The molecule has 2 aromatic heterocycles. The number of rotatable bonds is 6. The highest BCUT2D eigenvalue weighted by Gasteiger charge is 2.56. The monoisotopic (exact) mass is 602 g/mol. The number of pyridine rings is 1. The van der Waals surface area contributed by atoms with Crippen LogP contribution >= 0.6 is 0 Å². The van der Waals surface area contributed by atoms with Crippen molar-refractivity contribution in [2.45, 2.75) is 52.4 Å². The summed E-state index contributed by atoms with van der Waals surface area (Å²) in [7, 11) is 0. The number of fused-ring (bicyclic) bond motifs is 1. The van der Waals surface area contributed by atoms with E-state index >= 15 is 0 Å². The van der Waals surface area contributed by atoms with Gasteiger partial charge in [0, 0.05) is 28.5 Å². The second-order valence-electron chi connectivity index (χ2n) is 13.7. The van der Waals surface area contributed by atoms with E-state index < -0.39 is 0 Å². The van der Waals surface area contributed by atoms with Crippen molar-refractivity contribution in [1.29, 1.82) is 0 Å². The Morgan fingerprint density at radius 1 is 0.457 bits per heavy atom. The highest BCUT2D eigenvalue weighted by atomic mass is 16.5. The summed E-state index contributed by atoms with van der Waals surface area (Å²) >= 11 is 0. The van der Waals surface area contributed by atoms with Gasteiger partial charge in [-0.1, -0.05) is 114 Å². The maximum Gasteiger partial charge on any atom is 0.165 e. The zero-order valence-corrected chi connectivity index (χ0v) is 27.2. The van der Waals surface area contributed by atoms with Gasteiger partial charge in [0.1, 0.15) is 11.5 Å². The van der Waals surface area contributed by atoms with Crippen molar-refractivity contribution in [2.75, 3.05) is 0 Å². The molecular formula is C41H38N4O. The standard InChI is InChI=1S/C41H38N4O/c1-39(2)33-22-20-28(25-34(33)40(3,4)41(39,5)6)35-23-21-30(26-42-35)38-44-36(27-14-9-7-10-15-27)43-37(45-38)29-16-13-19-32(24-29)46-31-17-11-8-12-18-31/h7-26H,1-6H3. The Kier molecular flexibility index (Phi) is 7.08. The van der Waals surface area contributed by atoms with Gasteiger partial charge < -0.3 is 4.74 Å². The normalized spacial score (nSPS) is 15.7. The first-order valence-electron chi connectivity index (χ1n) is 15.8. The van der Waals surface area contributed by atoms with E-state index in [1.54, 1.807) is 0 Å². The Balaban J connectivity index is 1.26.